The van der Waals surface area contributed by atoms with E-state index >= 15 is 0 Å². The van der Waals surface area contributed by atoms with Gasteiger partial charge >= 0.3 is 0 Å². The highest BCUT2D eigenvalue weighted by Crippen LogP contribution is 2.38. The number of rotatable bonds is 4. The summed E-state index contributed by atoms with van der Waals surface area (Å²) in [6, 6.07) is 1.64. The molecular weight excluding hydrogens is 280 g/mol. The van der Waals surface area contributed by atoms with Crippen molar-refractivity contribution < 1.29 is 4.79 Å². The number of nitrogens with zero attached hydrogens (tertiary/aromatic N) is 1. The van der Waals surface area contributed by atoms with Crippen molar-refractivity contribution in [2.75, 3.05) is 12.8 Å². The fourth-order valence-electron chi connectivity index (χ4n) is 2.53. The van der Waals surface area contributed by atoms with E-state index in [2.05, 4.69) is 16.6 Å². The molecule has 1 fully saturated rings. The highest BCUT2D eigenvalue weighted by molar-refractivity contribution is 8.00. The zero-order chi connectivity index (χ0) is 13.7. The summed E-state index contributed by atoms with van der Waals surface area (Å²) in [6.45, 7) is 0.707. The Labute approximate surface area is 123 Å². The average Bonchev–Trinajstić information content (AvgIpc) is 2.46. The predicted octanol–water partition coefficient (Wildman–Crippen LogP) is 3.53. The zero-order valence-corrected chi connectivity index (χ0v) is 12.7. The number of amides is 1. The SMILES string of the molecule is CSC1(CNC(=O)c2cnccc2Cl)CCCCC1. The molecule has 0 atom stereocenters. The third-order valence-corrected chi connectivity index (χ3v) is 5.53. The lowest BCUT2D eigenvalue weighted by atomic mass is 9.88. The number of carbonyl (C=O) groups is 1. The van der Waals surface area contributed by atoms with Crippen LogP contribution in [-0.2, 0) is 0 Å². The molecule has 1 heterocycles. The van der Waals surface area contributed by atoms with Crippen LogP contribution in [0.1, 0.15) is 42.5 Å². The van der Waals surface area contributed by atoms with E-state index in [1.54, 1.807) is 12.3 Å². The molecule has 1 aliphatic rings. The van der Waals surface area contributed by atoms with Gasteiger partial charge in [-0.15, -0.1) is 0 Å². The minimum Gasteiger partial charge on any atom is -0.351 e. The first-order valence-corrected chi connectivity index (χ1v) is 8.20. The smallest absolute Gasteiger partial charge is 0.254 e. The third-order valence-electron chi connectivity index (χ3n) is 3.78. The molecule has 0 aromatic carbocycles. The summed E-state index contributed by atoms with van der Waals surface area (Å²) < 4.78 is 0.197. The number of nitrogens with one attached hydrogen (secondary N) is 1. The Hall–Kier alpha value is -0.740. The van der Waals surface area contributed by atoms with Crippen LogP contribution in [0, 0.1) is 0 Å². The predicted molar refractivity (Wildman–Crippen MR) is 80.9 cm³/mol. The number of halogens is 1. The molecule has 1 saturated carbocycles. The molecule has 0 saturated heterocycles. The molecule has 1 aliphatic carbocycles. The van der Waals surface area contributed by atoms with Crippen molar-refractivity contribution in [1.29, 1.82) is 0 Å². The van der Waals surface area contributed by atoms with Gasteiger partial charge in [-0.05, 0) is 25.2 Å². The molecule has 5 heteroatoms. The fraction of sp³-hybridized carbons (Fsp3) is 0.571. The summed E-state index contributed by atoms with van der Waals surface area (Å²) in [5.41, 5.74) is 0.455. The molecule has 1 aromatic heterocycles. The maximum Gasteiger partial charge on any atom is 0.254 e. The number of hydrogen-bond acceptors (Lipinski definition) is 3. The van der Waals surface area contributed by atoms with Crippen molar-refractivity contribution in [1.82, 2.24) is 10.3 Å². The van der Waals surface area contributed by atoms with E-state index < -0.39 is 0 Å². The zero-order valence-electron chi connectivity index (χ0n) is 11.1. The summed E-state index contributed by atoms with van der Waals surface area (Å²) in [7, 11) is 0. The molecule has 0 bridgehead atoms. The number of hydrogen-bond donors (Lipinski definition) is 1. The molecule has 0 radical (unpaired) electrons. The van der Waals surface area contributed by atoms with Gasteiger partial charge in [0.15, 0.2) is 0 Å². The van der Waals surface area contributed by atoms with Crippen molar-refractivity contribution >= 4 is 29.3 Å². The Morgan fingerprint density at radius 1 is 1.47 bits per heavy atom. The first-order valence-electron chi connectivity index (χ1n) is 6.60. The van der Waals surface area contributed by atoms with Gasteiger partial charge in [-0.25, -0.2) is 0 Å². The monoisotopic (exact) mass is 298 g/mol. The lowest BCUT2D eigenvalue weighted by Crippen LogP contribution is -2.41. The minimum absolute atomic E-state index is 0.128. The van der Waals surface area contributed by atoms with Gasteiger partial charge < -0.3 is 5.32 Å². The Morgan fingerprint density at radius 2 is 2.21 bits per heavy atom. The Balaban J connectivity index is 1.98. The van der Waals surface area contributed by atoms with Crippen LogP contribution in [0.3, 0.4) is 0 Å². The molecule has 1 amide bonds. The lowest BCUT2D eigenvalue weighted by molar-refractivity contribution is 0.0946. The highest BCUT2D eigenvalue weighted by Gasteiger charge is 2.31. The molecule has 3 nitrogen and oxygen atoms in total. The van der Waals surface area contributed by atoms with Crippen LogP contribution < -0.4 is 5.32 Å². The standard InChI is InChI=1S/C14H19ClN2OS/c1-19-14(6-3-2-4-7-14)10-17-13(18)11-9-16-8-5-12(11)15/h5,8-9H,2-4,6-7,10H2,1H3,(H,17,18). The van der Waals surface area contributed by atoms with E-state index in [1.807, 2.05) is 11.8 Å². The van der Waals surface area contributed by atoms with E-state index in [-0.39, 0.29) is 10.7 Å². The molecule has 1 N–H and O–H groups in total. The van der Waals surface area contributed by atoms with Crippen LogP contribution in [0.4, 0.5) is 0 Å². The molecular formula is C14H19ClN2OS. The van der Waals surface area contributed by atoms with Crippen LogP contribution in [0.25, 0.3) is 0 Å². The van der Waals surface area contributed by atoms with Crippen LogP contribution in [0.2, 0.25) is 5.02 Å². The summed E-state index contributed by atoms with van der Waals surface area (Å²) in [4.78, 5) is 16.1. The van der Waals surface area contributed by atoms with Crippen molar-refractivity contribution in [3.8, 4) is 0 Å². The van der Waals surface area contributed by atoms with Gasteiger partial charge in [0.25, 0.3) is 5.91 Å². The average molecular weight is 299 g/mol. The summed E-state index contributed by atoms with van der Waals surface area (Å²) in [5.74, 6) is -0.128. The Bertz CT molecular complexity index is 447. The topological polar surface area (TPSA) is 42.0 Å². The quantitative estimate of drug-likeness (QED) is 0.924. The Kier molecular flexibility index (Phi) is 5.11. The van der Waals surface area contributed by atoms with Gasteiger partial charge in [-0.1, -0.05) is 30.9 Å². The van der Waals surface area contributed by atoms with Crippen LogP contribution in [0.15, 0.2) is 18.5 Å². The molecule has 2 rings (SSSR count). The normalized spacial score (nSPS) is 18.0. The van der Waals surface area contributed by atoms with Crippen LogP contribution >= 0.6 is 23.4 Å². The Morgan fingerprint density at radius 3 is 2.84 bits per heavy atom. The third kappa shape index (κ3) is 3.63. The van der Waals surface area contributed by atoms with E-state index in [0.29, 0.717) is 17.1 Å². The lowest BCUT2D eigenvalue weighted by Gasteiger charge is -2.35. The van der Waals surface area contributed by atoms with Gasteiger partial charge in [0.2, 0.25) is 0 Å². The maximum absolute atomic E-state index is 12.1. The fourth-order valence-corrected chi connectivity index (χ4v) is 3.63. The first kappa shape index (κ1) is 14.7. The molecule has 0 aliphatic heterocycles. The van der Waals surface area contributed by atoms with Gasteiger partial charge in [0.05, 0.1) is 10.6 Å². The van der Waals surface area contributed by atoms with Gasteiger partial charge in [0, 0.05) is 23.7 Å². The minimum atomic E-state index is -0.128. The largest absolute Gasteiger partial charge is 0.351 e. The molecule has 0 unspecified atom stereocenters. The van der Waals surface area contributed by atoms with Crippen LogP contribution in [-0.4, -0.2) is 28.4 Å². The summed E-state index contributed by atoms with van der Waals surface area (Å²) in [6.07, 6.45) is 11.4. The van der Waals surface area contributed by atoms with Crippen LogP contribution in [0.5, 0.6) is 0 Å². The number of thioether (sulfide) groups is 1. The van der Waals surface area contributed by atoms with E-state index in [9.17, 15) is 4.79 Å². The second-order valence-corrected chi connectivity index (χ2v) is 6.67. The molecule has 104 valence electrons. The van der Waals surface area contributed by atoms with Crippen molar-refractivity contribution in [2.24, 2.45) is 0 Å². The second-order valence-electron chi connectivity index (χ2n) is 4.99. The van der Waals surface area contributed by atoms with Gasteiger partial charge in [-0.3, -0.25) is 9.78 Å². The number of aromatic nitrogens is 1. The summed E-state index contributed by atoms with van der Waals surface area (Å²) in [5, 5.41) is 3.47. The first-order chi connectivity index (χ1) is 9.17. The summed E-state index contributed by atoms with van der Waals surface area (Å²) >= 11 is 7.87. The maximum atomic E-state index is 12.1. The van der Waals surface area contributed by atoms with Crippen molar-refractivity contribution in [3.63, 3.8) is 0 Å². The second kappa shape index (κ2) is 6.62. The molecule has 19 heavy (non-hydrogen) atoms. The number of pyridine rings is 1. The number of carbonyl (C=O) groups excluding carboxylic acids is 1. The van der Waals surface area contributed by atoms with Crippen molar-refractivity contribution in [3.05, 3.63) is 29.0 Å². The van der Waals surface area contributed by atoms with E-state index in [1.165, 1.54) is 38.3 Å². The highest BCUT2D eigenvalue weighted by atomic mass is 35.5. The molecule has 0 spiro atoms. The van der Waals surface area contributed by atoms with E-state index in [0.717, 1.165) is 0 Å². The molecule has 1 aromatic rings. The van der Waals surface area contributed by atoms with Crippen molar-refractivity contribution in [2.45, 2.75) is 36.9 Å². The van der Waals surface area contributed by atoms with Gasteiger partial charge in [0.1, 0.15) is 0 Å². The van der Waals surface area contributed by atoms with E-state index in [4.69, 9.17) is 11.6 Å². The van der Waals surface area contributed by atoms with Gasteiger partial charge in [-0.2, -0.15) is 11.8 Å².